The van der Waals surface area contributed by atoms with Crippen LogP contribution in [0.15, 0.2) is 35.0 Å². The zero-order valence-electron chi connectivity index (χ0n) is 11.3. The van der Waals surface area contributed by atoms with Gasteiger partial charge in [-0.1, -0.05) is 24.6 Å². The standard InChI is InChI=1S/C14H17ClFN3O/c1-3-10-7-13(17)19-14(18-10,8(2)20)9-4-5-12(16)11(15)6-9/h4-8,18,20H,3H2,1-2H3,(H2,17,19). The SMILES string of the molecule is CCC1=CC(N)=NC(c2ccc(F)c(Cl)c2)(C(C)O)N1. The molecule has 1 aromatic carbocycles. The van der Waals surface area contributed by atoms with Gasteiger partial charge in [-0.3, -0.25) is 0 Å². The molecule has 4 nitrogen and oxygen atoms in total. The molecule has 0 saturated heterocycles. The van der Waals surface area contributed by atoms with Crippen molar-refractivity contribution >= 4 is 17.4 Å². The molecule has 0 amide bonds. The molecule has 2 unspecified atom stereocenters. The smallest absolute Gasteiger partial charge is 0.183 e. The van der Waals surface area contributed by atoms with Crippen molar-refractivity contribution in [2.45, 2.75) is 32.0 Å². The lowest BCUT2D eigenvalue weighted by molar-refractivity contribution is 0.0828. The Labute approximate surface area is 122 Å². The van der Waals surface area contributed by atoms with Gasteiger partial charge in [0.05, 0.1) is 11.1 Å². The molecule has 0 fully saturated rings. The number of hydrogen-bond donors (Lipinski definition) is 3. The second-order valence-electron chi connectivity index (χ2n) is 4.76. The lowest BCUT2D eigenvalue weighted by atomic mass is 9.92. The van der Waals surface area contributed by atoms with Crippen LogP contribution >= 0.6 is 11.6 Å². The van der Waals surface area contributed by atoms with Gasteiger partial charge in [0, 0.05) is 11.3 Å². The van der Waals surface area contributed by atoms with E-state index in [1.54, 1.807) is 13.0 Å². The Hall–Kier alpha value is -1.59. The molecule has 1 heterocycles. The fourth-order valence-corrected chi connectivity index (χ4v) is 2.40. The van der Waals surface area contributed by atoms with Gasteiger partial charge in [-0.25, -0.2) is 9.38 Å². The molecule has 1 aliphatic heterocycles. The van der Waals surface area contributed by atoms with Crippen molar-refractivity contribution in [2.24, 2.45) is 10.7 Å². The molecule has 0 aliphatic carbocycles. The molecule has 108 valence electrons. The van der Waals surface area contributed by atoms with Crippen molar-refractivity contribution in [3.63, 3.8) is 0 Å². The lowest BCUT2D eigenvalue weighted by Gasteiger charge is -2.38. The van der Waals surface area contributed by atoms with Gasteiger partial charge >= 0.3 is 0 Å². The summed E-state index contributed by atoms with van der Waals surface area (Å²) in [5.74, 6) is -0.211. The van der Waals surface area contributed by atoms with Crippen LogP contribution in [0.5, 0.6) is 0 Å². The summed E-state index contributed by atoms with van der Waals surface area (Å²) >= 11 is 5.83. The molecule has 2 rings (SSSR count). The molecular formula is C14H17ClFN3O. The molecule has 0 radical (unpaired) electrons. The molecule has 4 N–H and O–H groups in total. The second-order valence-corrected chi connectivity index (χ2v) is 5.16. The van der Waals surface area contributed by atoms with Gasteiger partial charge in [0.1, 0.15) is 11.7 Å². The predicted molar refractivity (Wildman–Crippen MR) is 77.9 cm³/mol. The number of nitrogens with zero attached hydrogens (tertiary/aromatic N) is 1. The van der Waals surface area contributed by atoms with Crippen LogP contribution in [-0.4, -0.2) is 17.0 Å². The van der Waals surface area contributed by atoms with Crippen LogP contribution in [0.2, 0.25) is 5.02 Å². The van der Waals surface area contributed by atoms with E-state index in [9.17, 15) is 9.50 Å². The summed E-state index contributed by atoms with van der Waals surface area (Å²) in [6.07, 6.45) is 1.54. The monoisotopic (exact) mass is 297 g/mol. The maximum Gasteiger partial charge on any atom is 0.183 e. The molecule has 6 heteroatoms. The van der Waals surface area contributed by atoms with Crippen molar-refractivity contribution in [1.82, 2.24) is 5.32 Å². The van der Waals surface area contributed by atoms with E-state index in [2.05, 4.69) is 10.3 Å². The van der Waals surface area contributed by atoms with Gasteiger partial charge < -0.3 is 16.2 Å². The third-order valence-corrected chi connectivity index (χ3v) is 3.61. The largest absolute Gasteiger partial charge is 0.389 e. The molecule has 0 aromatic heterocycles. The van der Waals surface area contributed by atoms with E-state index in [0.717, 1.165) is 5.70 Å². The van der Waals surface area contributed by atoms with Crippen molar-refractivity contribution in [1.29, 1.82) is 0 Å². The van der Waals surface area contributed by atoms with Gasteiger partial charge in [-0.05, 0) is 31.6 Å². The first-order valence-corrected chi connectivity index (χ1v) is 6.74. The second kappa shape index (κ2) is 5.42. The van der Waals surface area contributed by atoms with Crippen LogP contribution in [0.25, 0.3) is 0 Å². The number of aliphatic hydroxyl groups excluding tert-OH is 1. The Morgan fingerprint density at radius 3 is 2.80 bits per heavy atom. The highest BCUT2D eigenvalue weighted by atomic mass is 35.5. The van der Waals surface area contributed by atoms with Gasteiger partial charge in [-0.2, -0.15) is 0 Å². The Kier molecular flexibility index (Phi) is 4.01. The maximum atomic E-state index is 13.3. The first-order valence-electron chi connectivity index (χ1n) is 6.36. The highest BCUT2D eigenvalue weighted by molar-refractivity contribution is 6.30. The topological polar surface area (TPSA) is 70.6 Å². The number of allylic oxidation sites excluding steroid dienone is 1. The quantitative estimate of drug-likeness (QED) is 0.801. The van der Waals surface area contributed by atoms with E-state index in [4.69, 9.17) is 17.3 Å². The summed E-state index contributed by atoms with van der Waals surface area (Å²) in [7, 11) is 0. The molecule has 1 aliphatic rings. The molecule has 2 atom stereocenters. The Morgan fingerprint density at radius 1 is 1.55 bits per heavy atom. The molecule has 20 heavy (non-hydrogen) atoms. The van der Waals surface area contributed by atoms with Crippen molar-refractivity contribution in [2.75, 3.05) is 0 Å². The number of aliphatic hydroxyl groups is 1. The van der Waals surface area contributed by atoms with Gasteiger partial charge in [-0.15, -0.1) is 0 Å². The zero-order valence-corrected chi connectivity index (χ0v) is 12.1. The third kappa shape index (κ3) is 2.51. The van der Waals surface area contributed by atoms with Crippen LogP contribution in [0.1, 0.15) is 25.8 Å². The summed E-state index contributed by atoms with van der Waals surface area (Å²) in [4.78, 5) is 4.33. The lowest BCUT2D eigenvalue weighted by Crippen LogP contribution is -2.51. The summed E-state index contributed by atoms with van der Waals surface area (Å²) < 4.78 is 13.3. The van der Waals surface area contributed by atoms with Crippen molar-refractivity contribution in [3.05, 3.63) is 46.4 Å². The molecule has 1 aromatic rings. The number of nitrogens with one attached hydrogen (secondary N) is 1. The van der Waals surface area contributed by atoms with Gasteiger partial charge in [0.2, 0.25) is 0 Å². The highest BCUT2D eigenvalue weighted by Crippen LogP contribution is 2.33. The third-order valence-electron chi connectivity index (χ3n) is 3.32. The minimum Gasteiger partial charge on any atom is -0.389 e. The van der Waals surface area contributed by atoms with E-state index < -0.39 is 17.6 Å². The Bertz CT molecular complexity index is 586. The van der Waals surface area contributed by atoms with Crippen LogP contribution < -0.4 is 11.1 Å². The number of nitrogens with two attached hydrogens (primary N) is 1. The predicted octanol–water partition coefficient (Wildman–Crippen LogP) is 2.27. The Balaban J connectivity index is 2.56. The number of hydrogen-bond acceptors (Lipinski definition) is 4. The van der Waals surface area contributed by atoms with Gasteiger partial charge in [0.25, 0.3) is 0 Å². The van der Waals surface area contributed by atoms with E-state index in [1.807, 2.05) is 6.92 Å². The molecule has 0 spiro atoms. The van der Waals surface area contributed by atoms with E-state index in [1.165, 1.54) is 18.2 Å². The first-order chi connectivity index (χ1) is 9.39. The van der Waals surface area contributed by atoms with Crippen molar-refractivity contribution in [3.8, 4) is 0 Å². The highest BCUT2D eigenvalue weighted by Gasteiger charge is 2.39. The average molecular weight is 298 g/mol. The number of aliphatic imine (C=N–C) groups is 1. The summed E-state index contributed by atoms with van der Waals surface area (Å²) in [5.41, 5.74) is 6.09. The van der Waals surface area contributed by atoms with Crippen LogP contribution in [-0.2, 0) is 5.66 Å². The molecule has 0 saturated carbocycles. The minimum absolute atomic E-state index is 0.0225. The minimum atomic E-state index is -1.15. The van der Waals surface area contributed by atoms with Crippen LogP contribution in [0.4, 0.5) is 4.39 Å². The van der Waals surface area contributed by atoms with Crippen LogP contribution in [0.3, 0.4) is 0 Å². The average Bonchev–Trinajstić information content (AvgIpc) is 2.40. The number of benzene rings is 1. The van der Waals surface area contributed by atoms with Crippen LogP contribution in [0, 0.1) is 5.82 Å². The van der Waals surface area contributed by atoms with E-state index in [-0.39, 0.29) is 5.02 Å². The maximum absolute atomic E-state index is 13.3. The van der Waals surface area contributed by atoms with Crippen molar-refractivity contribution < 1.29 is 9.50 Å². The van der Waals surface area contributed by atoms with Gasteiger partial charge in [0.15, 0.2) is 5.66 Å². The molecule has 0 bridgehead atoms. The summed E-state index contributed by atoms with van der Waals surface area (Å²) in [6.45, 7) is 3.56. The summed E-state index contributed by atoms with van der Waals surface area (Å²) in [5, 5.41) is 13.3. The number of amidine groups is 1. The number of rotatable bonds is 3. The summed E-state index contributed by atoms with van der Waals surface area (Å²) in [6, 6.07) is 4.24. The van der Waals surface area contributed by atoms with E-state index in [0.29, 0.717) is 17.8 Å². The molecular weight excluding hydrogens is 281 g/mol. The van der Waals surface area contributed by atoms with E-state index >= 15 is 0 Å². The Morgan fingerprint density at radius 2 is 2.25 bits per heavy atom. The normalized spacial score (nSPS) is 23.6. The zero-order chi connectivity index (χ0) is 14.9. The first kappa shape index (κ1) is 14.8. The fraction of sp³-hybridized carbons (Fsp3) is 0.357. The fourth-order valence-electron chi connectivity index (χ4n) is 2.22. The number of halogens is 2.